The molecule has 3 fully saturated rings. The van der Waals surface area contributed by atoms with Gasteiger partial charge in [-0.1, -0.05) is 19.8 Å². The van der Waals surface area contributed by atoms with Gasteiger partial charge in [-0.25, -0.2) is 22.0 Å². The molecule has 2 aliphatic carbocycles. The third kappa shape index (κ3) is 5.48. The highest BCUT2D eigenvalue weighted by Crippen LogP contribution is 2.45. The van der Waals surface area contributed by atoms with Gasteiger partial charge in [-0.3, -0.25) is 0 Å². The minimum absolute atomic E-state index is 0.200. The highest BCUT2D eigenvalue weighted by atomic mass is 19.3. The lowest BCUT2D eigenvalue weighted by atomic mass is 9.76. The topological polar surface area (TPSA) is 27.7 Å². The van der Waals surface area contributed by atoms with Crippen LogP contribution in [0.4, 0.5) is 30.7 Å². The Morgan fingerprint density at radius 2 is 1.35 bits per heavy atom. The largest absolute Gasteiger partial charge is 0.432 e. The van der Waals surface area contributed by atoms with Crippen LogP contribution in [-0.2, 0) is 9.47 Å². The second kappa shape index (κ2) is 10.2. The van der Waals surface area contributed by atoms with Gasteiger partial charge >= 0.3 is 6.11 Å². The molecule has 1 saturated heterocycles. The summed E-state index contributed by atoms with van der Waals surface area (Å²) in [6, 6.07) is 0.400. The van der Waals surface area contributed by atoms with E-state index in [9.17, 15) is 30.7 Å². The zero-order valence-corrected chi connectivity index (χ0v) is 18.8. The van der Waals surface area contributed by atoms with E-state index in [1.54, 1.807) is 0 Å². The van der Waals surface area contributed by atoms with Gasteiger partial charge in [0, 0.05) is 24.0 Å². The summed E-state index contributed by atoms with van der Waals surface area (Å²) in [7, 11) is 0. The first-order valence-electron chi connectivity index (χ1n) is 11.8. The van der Waals surface area contributed by atoms with Crippen molar-refractivity contribution in [1.29, 1.82) is 0 Å². The fourth-order valence-electron chi connectivity index (χ4n) is 5.49. The molecule has 0 radical (unpaired) electrons. The van der Waals surface area contributed by atoms with Crippen molar-refractivity contribution in [2.24, 2.45) is 29.6 Å². The van der Waals surface area contributed by atoms with Crippen molar-refractivity contribution in [2.45, 2.75) is 70.2 Å². The van der Waals surface area contributed by atoms with Gasteiger partial charge in [0.25, 0.3) is 0 Å². The van der Waals surface area contributed by atoms with Crippen molar-refractivity contribution in [3.05, 3.63) is 29.6 Å². The van der Waals surface area contributed by atoms with Crippen molar-refractivity contribution in [3.8, 4) is 5.75 Å². The van der Waals surface area contributed by atoms with Crippen LogP contribution in [0.1, 0.15) is 45.4 Å². The van der Waals surface area contributed by atoms with Crippen LogP contribution in [-0.4, -0.2) is 38.0 Å². The summed E-state index contributed by atoms with van der Waals surface area (Å²) in [5.74, 6) is -8.31. The van der Waals surface area contributed by atoms with Gasteiger partial charge < -0.3 is 14.2 Å². The van der Waals surface area contributed by atoms with E-state index in [2.05, 4.69) is 11.7 Å². The molecule has 4 rings (SSSR count). The Morgan fingerprint density at radius 3 is 1.88 bits per heavy atom. The SMILES string of the molecule is CC1CCC(C2COC(C3CC(F)C(C(F)(F)Oc4cc(F)c(F)c(F)c4)C(F)C3)OC2)CC1. The van der Waals surface area contributed by atoms with Gasteiger partial charge in [0.2, 0.25) is 0 Å². The molecule has 1 aromatic carbocycles. The lowest BCUT2D eigenvalue weighted by Gasteiger charge is -2.43. The molecule has 10 heteroatoms. The fourth-order valence-corrected chi connectivity index (χ4v) is 5.49. The van der Waals surface area contributed by atoms with Crippen LogP contribution in [0.2, 0.25) is 0 Å². The van der Waals surface area contributed by atoms with Gasteiger partial charge in [-0.15, -0.1) is 0 Å². The van der Waals surface area contributed by atoms with E-state index < -0.39 is 72.6 Å². The summed E-state index contributed by atoms with van der Waals surface area (Å²) >= 11 is 0. The second-order valence-electron chi connectivity index (χ2n) is 9.97. The molecule has 1 aliphatic heterocycles. The summed E-state index contributed by atoms with van der Waals surface area (Å²) in [5, 5.41) is 0. The van der Waals surface area contributed by atoms with Crippen molar-refractivity contribution < 1.29 is 44.9 Å². The lowest BCUT2D eigenvalue weighted by Crippen LogP contribution is -2.52. The number of rotatable bonds is 5. The molecule has 3 nitrogen and oxygen atoms in total. The molecule has 0 amide bonds. The lowest BCUT2D eigenvalue weighted by molar-refractivity contribution is -0.273. The van der Waals surface area contributed by atoms with Gasteiger partial charge in [0.05, 0.1) is 13.2 Å². The minimum atomic E-state index is -4.42. The molecule has 2 atom stereocenters. The first kappa shape index (κ1) is 25.5. The molecule has 34 heavy (non-hydrogen) atoms. The monoisotopic (exact) mass is 498 g/mol. The van der Waals surface area contributed by atoms with Crippen LogP contribution >= 0.6 is 0 Å². The molecule has 192 valence electrons. The molecule has 0 spiro atoms. The average Bonchev–Trinajstić information content (AvgIpc) is 2.77. The molecule has 0 bridgehead atoms. The van der Waals surface area contributed by atoms with Gasteiger partial charge in [-0.05, 0) is 37.5 Å². The van der Waals surface area contributed by atoms with Gasteiger partial charge in [0.1, 0.15) is 24.0 Å². The Kier molecular flexibility index (Phi) is 7.67. The highest BCUT2D eigenvalue weighted by Gasteiger charge is 2.56. The number of hydrogen-bond donors (Lipinski definition) is 0. The van der Waals surface area contributed by atoms with Crippen molar-refractivity contribution in [1.82, 2.24) is 0 Å². The van der Waals surface area contributed by atoms with E-state index in [-0.39, 0.29) is 18.1 Å². The van der Waals surface area contributed by atoms with Crippen LogP contribution in [0.3, 0.4) is 0 Å². The zero-order valence-electron chi connectivity index (χ0n) is 18.8. The molecule has 2 unspecified atom stereocenters. The van der Waals surface area contributed by atoms with Crippen LogP contribution < -0.4 is 4.74 Å². The molecule has 0 aromatic heterocycles. The Hall–Kier alpha value is -1.55. The number of benzene rings is 1. The minimum Gasteiger partial charge on any atom is -0.432 e. The van der Waals surface area contributed by atoms with E-state index in [0.29, 0.717) is 25.0 Å². The number of alkyl halides is 4. The Balaban J connectivity index is 1.34. The van der Waals surface area contributed by atoms with Crippen molar-refractivity contribution >= 4 is 0 Å². The van der Waals surface area contributed by atoms with E-state index in [1.807, 2.05) is 0 Å². The maximum Gasteiger partial charge on any atom is 0.406 e. The standard InChI is InChI=1S/C24H29F7O3/c1-12-2-4-13(5-3-12)15-10-32-23(33-11-15)14-6-17(25)21(18(26)7-14)24(30,31)34-16-8-19(27)22(29)20(28)9-16/h8-9,12-15,17-18,21,23H,2-7,10-11H2,1H3. The van der Waals surface area contributed by atoms with E-state index in [1.165, 1.54) is 0 Å². The highest BCUT2D eigenvalue weighted by molar-refractivity contribution is 5.25. The Morgan fingerprint density at radius 1 is 0.824 bits per heavy atom. The maximum absolute atomic E-state index is 14.8. The molecule has 2 saturated carbocycles. The smallest absolute Gasteiger partial charge is 0.406 e. The summed E-state index contributed by atoms with van der Waals surface area (Å²) in [6.07, 6.45) is -6.34. The number of hydrogen-bond acceptors (Lipinski definition) is 3. The Labute approximate surface area is 193 Å². The van der Waals surface area contributed by atoms with Gasteiger partial charge in [0.15, 0.2) is 23.7 Å². The second-order valence-corrected chi connectivity index (χ2v) is 9.97. The summed E-state index contributed by atoms with van der Waals surface area (Å²) in [4.78, 5) is 0. The normalized spacial score (nSPS) is 37.4. The third-order valence-corrected chi connectivity index (χ3v) is 7.50. The van der Waals surface area contributed by atoms with Crippen molar-refractivity contribution in [2.75, 3.05) is 13.2 Å². The number of halogens is 7. The third-order valence-electron chi connectivity index (χ3n) is 7.50. The molecule has 3 aliphatic rings. The molecule has 1 heterocycles. The molecule has 0 N–H and O–H groups in total. The quantitative estimate of drug-likeness (QED) is 0.339. The molecule has 1 aromatic rings. The van der Waals surface area contributed by atoms with E-state index in [0.717, 1.165) is 25.7 Å². The van der Waals surface area contributed by atoms with Crippen LogP contribution in [0.15, 0.2) is 12.1 Å². The molecular formula is C24H29F7O3. The zero-order chi connectivity index (χ0) is 24.6. The Bertz CT molecular complexity index is 803. The molecular weight excluding hydrogens is 469 g/mol. The predicted molar refractivity (Wildman–Crippen MR) is 108 cm³/mol. The van der Waals surface area contributed by atoms with Crippen LogP contribution in [0.5, 0.6) is 5.75 Å². The summed E-state index contributed by atoms with van der Waals surface area (Å²) < 4.78 is 114. The average molecular weight is 498 g/mol. The maximum atomic E-state index is 14.8. The first-order chi connectivity index (χ1) is 16.0. The van der Waals surface area contributed by atoms with E-state index >= 15 is 0 Å². The van der Waals surface area contributed by atoms with Crippen molar-refractivity contribution in [3.63, 3.8) is 0 Å². The predicted octanol–water partition coefficient (Wildman–Crippen LogP) is 6.59. The first-order valence-corrected chi connectivity index (χ1v) is 11.8. The number of ether oxygens (including phenoxy) is 3. The summed E-state index contributed by atoms with van der Waals surface area (Å²) in [5.41, 5.74) is 0. The summed E-state index contributed by atoms with van der Waals surface area (Å²) in [6.45, 7) is 3.03. The van der Waals surface area contributed by atoms with E-state index in [4.69, 9.17) is 9.47 Å². The van der Waals surface area contributed by atoms with Crippen LogP contribution in [0.25, 0.3) is 0 Å². The van der Waals surface area contributed by atoms with Crippen LogP contribution in [0, 0.1) is 47.0 Å². The van der Waals surface area contributed by atoms with Gasteiger partial charge in [-0.2, -0.15) is 8.78 Å². The fraction of sp³-hybridized carbons (Fsp3) is 0.750.